The van der Waals surface area contributed by atoms with Gasteiger partial charge in [0.25, 0.3) is 0 Å². The second-order valence-corrected chi connectivity index (χ2v) is 8.30. The van der Waals surface area contributed by atoms with E-state index < -0.39 is 41.3 Å². The first-order valence-corrected chi connectivity index (χ1v) is 10.2. The van der Waals surface area contributed by atoms with Crippen LogP contribution in [0.4, 0.5) is 5.69 Å². The molecule has 5 rings (SSSR count). The number of ether oxygens (including phenoxy) is 1. The number of likely N-dealkylation sites (tertiary alicyclic amines) is 1. The summed E-state index contributed by atoms with van der Waals surface area (Å²) in [6.07, 6.45) is -0.935. The number of carbonyl (C=O) groups is 3. The molecule has 2 fully saturated rings. The first kappa shape index (κ1) is 19.7. The predicted octanol–water partition coefficient (Wildman–Crippen LogP) is 0.997. The molecule has 0 unspecified atom stereocenters. The molecule has 31 heavy (non-hydrogen) atoms. The van der Waals surface area contributed by atoms with Crippen LogP contribution in [0, 0.1) is 11.8 Å². The minimum atomic E-state index is -1.40. The van der Waals surface area contributed by atoms with Crippen LogP contribution in [0.2, 0.25) is 0 Å². The highest BCUT2D eigenvalue weighted by molar-refractivity contribution is 6.15. The monoisotopic (exact) mass is 421 g/mol. The maximum absolute atomic E-state index is 13.6. The summed E-state index contributed by atoms with van der Waals surface area (Å²) >= 11 is 0. The van der Waals surface area contributed by atoms with Crippen LogP contribution in [0.1, 0.15) is 18.1 Å². The second-order valence-electron chi connectivity index (χ2n) is 8.30. The van der Waals surface area contributed by atoms with E-state index in [-0.39, 0.29) is 12.5 Å². The van der Waals surface area contributed by atoms with Crippen molar-refractivity contribution < 1.29 is 24.2 Å². The molecule has 2 saturated heterocycles. The van der Waals surface area contributed by atoms with E-state index in [0.717, 1.165) is 0 Å². The number of fused-ring (bicyclic) bond motifs is 4. The fourth-order valence-electron chi connectivity index (χ4n) is 5.32. The molecule has 3 N–H and O–H groups in total. The van der Waals surface area contributed by atoms with Gasteiger partial charge in [-0.05, 0) is 19.1 Å². The molecule has 0 aromatic heterocycles. The molecule has 0 aliphatic carbocycles. The Labute approximate surface area is 179 Å². The fourth-order valence-corrected chi connectivity index (χ4v) is 5.32. The van der Waals surface area contributed by atoms with Crippen molar-refractivity contribution in [1.82, 2.24) is 10.2 Å². The number of nitrogens with zero attached hydrogens (tertiary/aromatic N) is 1. The van der Waals surface area contributed by atoms with Crippen LogP contribution in [0.25, 0.3) is 0 Å². The summed E-state index contributed by atoms with van der Waals surface area (Å²) in [5, 5.41) is 16.5. The van der Waals surface area contributed by atoms with Crippen LogP contribution in [-0.4, -0.2) is 47.0 Å². The summed E-state index contributed by atoms with van der Waals surface area (Å²) < 4.78 is 5.37. The number of rotatable bonds is 4. The average Bonchev–Trinajstić information content (AvgIpc) is 3.35. The zero-order valence-electron chi connectivity index (χ0n) is 17.2. The lowest BCUT2D eigenvalue weighted by molar-refractivity contribution is -0.143. The van der Waals surface area contributed by atoms with E-state index in [1.807, 2.05) is 12.1 Å². The second kappa shape index (κ2) is 6.90. The van der Waals surface area contributed by atoms with E-state index >= 15 is 0 Å². The van der Waals surface area contributed by atoms with E-state index in [1.165, 1.54) is 12.0 Å². The molecule has 0 saturated carbocycles. The van der Waals surface area contributed by atoms with E-state index in [4.69, 9.17) is 4.74 Å². The lowest BCUT2D eigenvalue weighted by Gasteiger charge is -2.30. The lowest BCUT2D eigenvalue weighted by Crippen LogP contribution is -2.54. The van der Waals surface area contributed by atoms with E-state index in [2.05, 4.69) is 10.6 Å². The quantitative estimate of drug-likeness (QED) is 0.636. The largest absolute Gasteiger partial charge is 0.496 e. The Bertz CT molecular complexity index is 1100. The average molecular weight is 421 g/mol. The standard InChI is InChI=1S/C23H23N3O5/c1-12(27)19-17-18(23(25-19)14-8-4-5-9-15(14)24-22(23)30)21(29)26(20(17)28)11-13-7-3-6-10-16(13)31-2/h3-10,12,17-19,25,27H,11H2,1-2H3,(H,24,30)/t12-,17+,18-,19-,23-/m0/s1. The zero-order chi connectivity index (χ0) is 21.9. The first-order chi connectivity index (χ1) is 14.9. The molecule has 3 aliphatic heterocycles. The Kier molecular flexibility index (Phi) is 4.39. The molecular weight excluding hydrogens is 398 g/mol. The molecule has 160 valence electrons. The molecule has 0 bridgehead atoms. The maximum atomic E-state index is 13.6. The van der Waals surface area contributed by atoms with Gasteiger partial charge >= 0.3 is 0 Å². The fraction of sp³-hybridized carbons (Fsp3) is 0.348. The summed E-state index contributed by atoms with van der Waals surface area (Å²) in [4.78, 5) is 41.5. The Hall–Kier alpha value is -3.23. The number of methoxy groups -OCH3 is 1. The molecule has 3 amide bonds. The summed E-state index contributed by atoms with van der Waals surface area (Å²) in [6, 6.07) is 13.6. The predicted molar refractivity (Wildman–Crippen MR) is 111 cm³/mol. The number of hydrogen-bond acceptors (Lipinski definition) is 6. The molecule has 0 radical (unpaired) electrons. The Balaban J connectivity index is 1.60. The van der Waals surface area contributed by atoms with Gasteiger partial charge in [-0.3, -0.25) is 24.6 Å². The van der Waals surface area contributed by atoms with Gasteiger partial charge in [0.15, 0.2) is 0 Å². The van der Waals surface area contributed by atoms with Crippen molar-refractivity contribution in [3.63, 3.8) is 0 Å². The topological polar surface area (TPSA) is 108 Å². The van der Waals surface area contributed by atoms with Gasteiger partial charge in [-0.15, -0.1) is 0 Å². The third-order valence-electron chi connectivity index (χ3n) is 6.69. The number of aliphatic hydroxyl groups is 1. The molecule has 2 aromatic carbocycles. The van der Waals surface area contributed by atoms with Crippen LogP contribution in [-0.2, 0) is 26.5 Å². The first-order valence-electron chi connectivity index (χ1n) is 10.2. The number of benzene rings is 2. The smallest absolute Gasteiger partial charge is 0.250 e. The minimum Gasteiger partial charge on any atom is -0.496 e. The molecule has 3 heterocycles. The number of hydrogen-bond donors (Lipinski definition) is 3. The molecular formula is C23H23N3O5. The van der Waals surface area contributed by atoms with Crippen LogP contribution < -0.4 is 15.4 Å². The van der Waals surface area contributed by atoms with Gasteiger partial charge in [0, 0.05) is 22.9 Å². The molecule has 2 aromatic rings. The van der Waals surface area contributed by atoms with Crippen molar-refractivity contribution >= 4 is 23.4 Å². The van der Waals surface area contributed by atoms with Crippen LogP contribution in [0.5, 0.6) is 5.75 Å². The highest BCUT2D eigenvalue weighted by Gasteiger charge is 2.71. The summed E-state index contributed by atoms with van der Waals surface area (Å²) in [5.74, 6) is -2.43. The van der Waals surface area contributed by atoms with E-state index in [9.17, 15) is 19.5 Å². The third-order valence-corrected chi connectivity index (χ3v) is 6.69. The molecule has 8 nitrogen and oxygen atoms in total. The number of nitrogens with one attached hydrogen (secondary N) is 2. The normalized spacial score (nSPS) is 29.8. The zero-order valence-corrected chi connectivity index (χ0v) is 17.2. The van der Waals surface area contributed by atoms with Crippen LogP contribution in [0.3, 0.4) is 0 Å². The van der Waals surface area contributed by atoms with Crippen LogP contribution >= 0.6 is 0 Å². The van der Waals surface area contributed by atoms with Gasteiger partial charge in [0.2, 0.25) is 17.7 Å². The number of para-hydroxylation sites is 2. The lowest BCUT2D eigenvalue weighted by atomic mass is 9.76. The number of imide groups is 1. The highest BCUT2D eigenvalue weighted by Crippen LogP contribution is 2.53. The summed E-state index contributed by atoms with van der Waals surface area (Å²) in [5.41, 5.74) is 0.524. The highest BCUT2D eigenvalue weighted by atomic mass is 16.5. The molecule has 5 atom stereocenters. The van der Waals surface area contributed by atoms with E-state index in [0.29, 0.717) is 22.6 Å². The maximum Gasteiger partial charge on any atom is 0.250 e. The van der Waals surface area contributed by atoms with Crippen molar-refractivity contribution in [2.45, 2.75) is 31.2 Å². The van der Waals surface area contributed by atoms with Gasteiger partial charge in [0.1, 0.15) is 11.3 Å². The molecule has 3 aliphatic rings. The SMILES string of the molecule is COc1ccccc1CN1C(=O)[C@H]2[C@H]([C@H](C)O)N[C@]3(C(=O)Nc4ccccc43)[C@@H]2C1=O. The van der Waals surface area contributed by atoms with Crippen molar-refractivity contribution in [3.05, 3.63) is 59.7 Å². The molecule has 8 heteroatoms. The van der Waals surface area contributed by atoms with Crippen molar-refractivity contribution in [2.24, 2.45) is 11.8 Å². The number of carbonyl (C=O) groups excluding carboxylic acids is 3. The van der Waals surface area contributed by atoms with Gasteiger partial charge in [-0.2, -0.15) is 0 Å². The minimum absolute atomic E-state index is 0.0422. The van der Waals surface area contributed by atoms with Gasteiger partial charge < -0.3 is 15.2 Å². The van der Waals surface area contributed by atoms with Crippen molar-refractivity contribution in [3.8, 4) is 5.75 Å². The van der Waals surface area contributed by atoms with E-state index in [1.54, 1.807) is 43.3 Å². The van der Waals surface area contributed by atoms with Gasteiger partial charge in [-0.25, -0.2) is 0 Å². The van der Waals surface area contributed by atoms with Crippen molar-refractivity contribution in [2.75, 3.05) is 12.4 Å². The van der Waals surface area contributed by atoms with Crippen molar-refractivity contribution in [1.29, 1.82) is 0 Å². The van der Waals surface area contributed by atoms with Crippen LogP contribution in [0.15, 0.2) is 48.5 Å². The number of aliphatic hydroxyl groups excluding tert-OH is 1. The van der Waals surface area contributed by atoms with Gasteiger partial charge in [-0.1, -0.05) is 36.4 Å². The third kappa shape index (κ3) is 2.58. The Morgan fingerprint density at radius 3 is 2.55 bits per heavy atom. The number of anilines is 1. The summed E-state index contributed by atoms with van der Waals surface area (Å²) in [7, 11) is 1.53. The number of amides is 3. The Morgan fingerprint density at radius 2 is 1.81 bits per heavy atom. The van der Waals surface area contributed by atoms with Gasteiger partial charge in [0.05, 0.1) is 31.6 Å². The summed E-state index contributed by atoms with van der Waals surface area (Å²) in [6.45, 7) is 1.60. The molecule has 1 spiro atoms. The Morgan fingerprint density at radius 1 is 1.10 bits per heavy atom.